The van der Waals surface area contributed by atoms with E-state index in [9.17, 15) is 4.39 Å². The number of H-pyrrole nitrogens is 1. The highest BCUT2D eigenvalue weighted by molar-refractivity contribution is 5.83. The van der Waals surface area contributed by atoms with Crippen molar-refractivity contribution in [3.8, 4) is 0 Å². The van der Waals surface area contributed by atoms with E-state index in [0.717, 1.165) is 46.4 Å². The first-order valence-electron chi connectivity index (χ1n) is 9.54. The number of aromatic nitrogens is 5. The minimum Gasteiger partial charge on any atom is -0.346 e. The van der Waals surface area contributed by atoms with E-state index >= 15 is 0 Å². The average Bonchev–Trinajstić information content (AvgIpc) is 3.46. The first-order valence-corrected chi connectivity index (χ1v) is 9.54. The monoisotopic (exact) mass is 373 g/mol. The first kappa shape index (κ1) is 17.0. The molecule has 5 rings (SSSR count). The molecule has 1 aliphatic carbocycles. The summed E-state index contributed by atoms with van der Waals surface area (Å²) in [5, 5.41) is 1.04. The Hall–Kier alpha value is -3.15. The summed E-state index contributed by atoms with van der Waals surface area (Å²) >= 11 is 0. The topological polar surface area (TPSA) is 67.3 Å². The molecular formula is C22H20FN5. The molecule has 1 fully saturated rings. The normalized spacial score (nSPS) is 13.9. The molecule has 28 heavy (non-hydrogen) atoms. The van der Waals surface area contributed by atoms with Gasteiger partial charge in [-0.25, -0.2) is 15.0 Å². The van der Waals surface area contributed by atoms with Crippen molar-refractivity contribution in [3.05, 3.63) is 82.7 Å². The number of aromatic amines is 1. The maximum Gasteiger partial charge on any atom is 0.216 e. The molecule has 6 heteroatoms. The Morgan fingerprint density at radius 2 is 1.93 bits per heavy atom. The van der Waals surface area contributed by atoms with E-state index in [1.54, 1.807) is 6.33 Å². The lowest BCUT2D eigenvalue weighted by molar-refractivity contribution is 0.565. The summed E-state index contributed by atoms with van der Waals surface area (Å²) in [7, 11) is 0. The molecule has 1 saturated carbocycles. The third kappa shape index (κ3) is 3.26. The summed E-state index contributed by atoms with van der Waals surface area (Å²) in [6.07, 6.45) is 8.69. The molecule has 5 nitrogen and oxygen atoms in total. The number of aryl methyl sites for hydroxylation is 1. The molecule has 140 valence electrons. The standard InChI is InChI=1S/C22H20FN5/c1-13-2-3-14(10-24-13)8-18-7-6-16(21(23)28-18)9-17-11-25-22-19(17)20(15-4-5-15)26-12-27-22/h2-3,6-7,10-12,15H,4-5,8-9H2,1H3,(H,25,26,27). The Morgan fingerprint density at radius 3 is 2.68 bits per heavy atom. The molecule has 1 aliphatic rings. The van der Waals surface area contributed by atoms with Gasteiger partial charge in [0.05, 0.1) is 5.69 Å². The largest absolute Gasteiger partial charge is 0.346 e. The van der Waals surface area contributed by atoms with Crippen LogP contribution in [0.4, 0.5) is 4.39 Å². The fourth-order valence-corrected chi connectivity index (χ4v) is 3.61. The summed E-state index contributed by atoms with van der Waals surface area (Å²) < 4.78 is 14.7. The molecule has 0 aromatic carbocycles. The van der Waals surface area contributed by atoms with Gasteiger partial charge >= 0.3 is 0 Å². The number of hydrogen-bond donors (Lipinski definition) is 1. The lowest BCUT2D eigenvalue weighted by atomic mass is 10.0. The van der Waals surface area contributed by atoms with Crippen molar-refractivity contribution in [2.45, 2.75) is 38.5 Å². The minimum atomic E-state index is -0.420. The van der Waals surface area contributed by atoms with E-state index in [2.05, 4.69) is 24.9 Å². The molecule has 0 saturated heterocycles. The lowest BCUT2D eigenvalue weighted by Crippen LogP contribution is -2.01. The number of nitrogens with zero attached hydrogens (tertiary/aromatic N) is 4. The Morgan fingerprint density at radius 1 is 1.04 bits per heavy atom. The van der Waals surface area contributed by atoms with Gasteiger partial charge in [-0.1, -0.05) is 12.1 Å². The minimum absolute atomic E-state index is 0.420. The number of pyridine rings is 2. The number of hydrogen-bond acceptors (Lipinski definition) is 4. The Labute approximate surface area is 162 Å². The summed E-state index contributed by atoms with van der Waals surface area (Å²) in [6.45, 7) is 1.95. The molecular weight excluding hydrogens is 353 g/mol. The van der Waals surface area contributed by atoms with Crippen LogP contribution in [0.5, 0.6) is 0 Å². The summed E-state index contributed by atoms with van der Waals surface area (Å²) in [5.74, 6) is 0.0882. The number of fused-ring (bicyclic) bond motifs is 1. The highest BCUT2D eigenvalue weighted by Gasteiger charge is 2.28. The van der Waals surface area contributed by atoms with Crippen molar-refractivity contribution in [1.82, 2.24) is 24.9 Å². The Bertz CT molecular complexity index is 1150. The predicted octanol–water partition coefficient (Wildman–Crippen LogP) is 4.25. The second kappa shape index (κ2) is 6.78. The maximum atomic E-state index is 14.7. The fraction of sp³-hybridized carbons (Fsp3) is 0.273. The van der Waals surface area contributed by atoms with Gasteiger partial charge in [0.25, 0.3) is 0 Å². The molecule has 0 radical (unpaired) electrons. The molecule has 0 bridgehead atoms. The highest BCUT2D eigenvalue weighted by atomic mass is 19.1. The van der Waals surface area contributed by atoms with E-state index in [1.807, 2.05) is 43.6 Å². The predicted molar refractivity (Wildman–Crippen MR) is 105 cm³/mol. The Balaban J connectivity index is 1.41. The van der Waals surface area contributed by atoms with Gasteiger partial charge < -0.3 is 4.98 Å². The quantitative estimate of drug-likeness (QED) is 0.531. The van der Waals surface area contributed by atoms with Crippen LogP contribution in [0.3, 0.4) is 0 Å². The van der Waals surface area contributed by atoms with Crippen LogP contribution in [0.2, 0.25) is 0 Å². The second-order valence-electron chi connectivity index (χ2n) is 7.48. The third-order valence-corrected chi connectivity index (χ3v) is 5.27. The van der Waals surface area contributed by atoms with Gasteiger partial charge in [-0.15, -0.1) is 0 Å². The molecule has 4 aromatic heterocycles. The summed E-state index contributed by atoms with van der Waals surface area (Å²) in [4.78, 5) is 20.5. The Kier molecular flexibility index (Phi) is 4.11. The molecule has 0 aliphatic heterocycles. The zero-order valence-electron chi connectivity index (χ0n) is 15.6. The van der Waals surface area contributed by atoms with Gasteiger partial charge in [0.1, 0.15) is 12.0 Å². The number of rotatable bonds is 5. The SMILES string of the molecule is Cc1ccc(Cc2ccc(Cc3c[nH]c4ncnc(C5CC5)c34)c(F)n2)cn1. The van der Waals surface area contributed by atoms with Gasteiger partial charge in [0, 0.05) is 53.5 Å². The van der Waals surface area contributed by atoms with Gasteiger partial charge in [0.2, 0.25) is 5.95 Å². The van der Waals surface area contributed by atoms with Crippen molar-refractivity contribution < 1.29 is 4.39 Å². The second-order valence-corrected chi connectivity index (χ2v) is 7.48. The lowest BCUT2D eigenvalue weighted by Gasteiger charge is -2.07. The van der Waals surface area contributed by atoms with E-state index < -0.39 is 5.95 Å². The van der Waals surface area contributed by atoms with Crippen molar-refractivity contribution in [2.24, 2.45) is 0 Å². The van der Waals surface area contributed by atoms with Crippen molar-refractivity contribution >= 4 is 11.0 Å². The van der Waals surface area contributed by atoms with Crippen molar-refractivity contribution in [3.63, 3.8) is 0 Å². The van der Waals surface area contributed by atoms with Crippen LogP contribution in [-0.2, 0) is 12.8 Å². The number of halogens is 1. The summed E-state index contributed by atoms with van der Waals surface area (Å²) in [6, 6.07) is 7.68. The van der Waals surface area contributed by atoms with Crippen molar-refractivity contribution in [1.29, 1.82) is 0 Å². The molecule has 4 heterocycles. The van der Waals surface area contributed by atoms with Crippen LogP contribution < -0.4 is 0 Å². The first-order chi connectivity index (χ1) is 13.7. The zero-order valence-corrected chi connectivity index (χ0v) is 15.6. The maximum absolute atomic E-state index is 14.7. The molecule has 1 N–H and O–H groups in total. The summed E-state index contributed by atoms with van der Waals surface area (Å²) in [5.41, 5.74) is 6.19. The van der Waals surface area contributed by atoms with Crippen LogP contribution in [0.1, 0.15) is 52.5 Å². The van der Waals surface area contributed by atoms with Crippen LogP contribution in [0, 0.1) is 12.9 Å². The van der Waals surface area contributed by atoms with Gasteiger partial charge in [0.15, 0.2) is 0 Å². The van der Waals surface area contributed by atoms with E-state index in [-0.39, 0.29) is 0 Å². The van der Waals surface area contributed by atoms with Gasteiger partial charge in [-0.3, -0.25) is 4.98 Å². The van der Waals surface area contributed by atoms with E-state index in [1.165, 1.54) is 0 Å². The molecule has 0 spiro atoms. The van der Waals surface area contributed by atoms with Gasteiger partial charge in [-0.2, -0.15) is 4.39 Å². The van der Waals surface area contributed by atoms with Crippen LogP contribution in [0.15, 0.2) is 43.0 Å². The van der Waals surface area contributed by atoms with Crippen LogP contribution >= 0.6 is 0 Å². The van der Waals surface area contributed by atoms with Crippen LogP contribution in [0.25, 0.3) is 11.0 Å². The fourth-order valence-electron chi connectivity index (χ4n) is 3.61. The molecule has 0 atom stereocenters. The van der Waals surface area contributed by atoms with Crippen LogP contribution in [-0.4, -0.2) is 24.9 Å². The van der Waals surface area contributed by atoms with Gasteiger partial charge in [-0.05, 0) is 43.0 Å². The van der Waals surface area contributed by atoms with Crippen molar-refractivity contribution in [2.75, 3.05) is 0 Å². The smallest absolute Gasteiger partial charge is 0.216 e. The highest BCUT2D eigenvalue weighted by Crippen LogP contribution is 2.42. The number of nitrogens with one attached hydrogen (secondary N) is 1. The van der Waals surface area contributed by atoms with E-state index in [0.29, 0.717) is 30.0 Å². The molecule has 0 amide bonds. The zero-order chi connectivity index (χ0) is 19.1. The average molecular weight is 373 g/mol. The van der Waals surface area contributed by atoms with E-state index in [4.69, 9.17) is 0 Å². The molecule has 0 unspecified atom stereocenters. The molecule has 4 aromatic rings. The third-order valence-electron chi connectivity index (χ3n) is 5.27.